The summed E-state index contributed by atoms with van der Waals surface area (Å²) in [6, 6.07) is 0.173. The van der Waals surface area contributed by atoms with Gasteiger partial charge in [-0.3, -0.25) is 14.2 Å². The zero-order valence-corrected chi connectivity index (χ0v) is 16.4. The van der Waals surface area contributed by atoms with Gasteiger partial charge in [0.25, 0.3) is 5.56 Å². The fraction of sp³-hybridized carbons (Fsp3) is 0.737. The Labute approximate surface area is 150 Å². The third kappa shape index (κ3) is 4.83. The molecule has 0 aromatic carbocycles. The molecule has 2 heterocycles. The largest absolute Gasteiger partial charge is 0.366 e. The lowest BCUT2D eigenvalue weighted by molar-refractivity contribution is -0.117. The number of carbonyl (C=O) groups is 1. The topological polar surface area (TPSA) is 76.0 Å². The van der Waals surface area contributed by atoms with Crippen LogP contribution in [0.1, 0.15) is 79.0 Å². The summed E-state index contributed by atoms with van der Waals surface area (Å²) in [5.74, 6) is 1.42. The molecule has 0 aliphatic carbocycles. The van der Waals surface area contributed by atoms with Crippen LogP contribution in [0.15, 0.2) is 4.79 Å². The molecule has 140 valence electrons. The van der Waals surface area contributed by atoms with Crippen LogP contribution in [-0.4, -0.2) is 21.5 Å². The number of fused-ring (bicyclic) bond motifs is 1. The number of nitrogens with zero attached hydrogens (tertiary/aromatic N) is 2. The Hall–Kier alpha value is -1.85. The number of nitrogens with one attached hydrogen (secondary N) is 2. The van der Waals surface area contributed by atoms with Crippen molar-refractivity contribution in [3.05, 3.63) is 16.2 Å². The molecule has 6 heteroatoms. The van der Waals surface area contributed by atoms with Crippen LogP contribution in [-0.2, 0) is 11.3 Å². The summed E-state index contributed by atoms with van der Waals surface area (Å²) in [5.41, 5.74) is -0.00205. The van der Waals surface area contributed by atoms with Gasteiger partial charge in [-0.2, -0.15) is 0 Å². The molecule has 6 nitrogen and oxygen atoms in total. The summed E-state index contributed by atoms with van der Waals surface area (Å²) in [6.07, 6.45) is 3.26. The Morgan fingerprint density at radius 2 is 2.08 bits per heavy atom. The molecule has 0 spiro atoms. The first-order valence-corrected chi connectivity index (χ1v) is 9.33. The van der Waals surface area contributed by atoms with Crippen LogP contribution < -0.4 is 16.2 Å². The third-order valence-electron chi connectivity index (χ3n) is 4.61. The molecule has 2 atom stereocenters. The van der Waals surface area contributed by atoms with Crippen molar-refractivity contribution in [3.63, 3.8) is 0 Å². The maximum Gasteiger partial charge on any atom is 0.279 e. The van der Waals surface area contributed by atoms with Crippen molar-refractivity contribution >= 4 is 17.4 Å². The highest BCUT2D eigenvalue weighted by Gasteiger charge is 2.25. The Morgan fingerprint density at radius 1 is 1.40 bits per heavy atom. The molecule has 2 N–H and O–H groups in total. The molecule has 1 aliphatic heterocycles. The van der Waals surface area contributed by atoms with Crippen LogP contribution in [0.2, 0.25) is 0 Å². The fourth-order valence-electron chi connectivity index (χ4n) is 3.07. The number of amides is 1. The van der Waals surface area contributed by atoms with E-state index in [1.807, 2.05) is 27.7 Å². The zero-order valence-electron chi connectivity index (χ0n) is 16.4. The van der Waals surface area contributed by atoms with E-state index in [0.717, 1.165) is 25.1 Å². The Balaban J connectivity index is 2.44. The second-order valence-electron chi connectivity index (χ2n) is 8.43. The molecule has 0 saturated heterocycles. The van der Waals surface area contributed by atoms with Gasteiger partial charge in [-0.1, -0.05) is 34.6 Å². The van der Waals surface area contributed by atoms with E-state index in [1.54, 1.807) is 4.57 Å². The predicted molar refractivity (Wildman–Crippen MR) is 102 cm³/mol. The molecule has 0 fully saturated rings. The molecular formula is C19H32N4O2. The molecule has 1 aromatic rings. The van der Waals surface area contributed by atoms with Crippen LogP contribution in [0.25, 0.3) is 0 Å². The highest BCUT2D eigenvalue weighted by atomic mass is 16.2. The first kappa shape index (κ1) is 19.5. The van der Waals surface area contributed by atoms with Crippen LogP contribution in [0.5, 0.6) is 0 Å². The lowest BCUT2D eigenvalue weighted by atomic mass is 9.92. The van der Waals surface area contributed by atoms with Crippen molar-refractivity contribution in [2.75, 3.05) is 10.6 Å². The first-order valence-electron chi connectivity index (χ1n) is 9.33. The Kier molecular flexibility index (Phi) is 5.91. The Bertz CT molecular complexity index is 688. The normalized spacial score (nSPS) is 18.4. The van der Waals surface area contributed by atoms with E-state index < -0.39 is 0 Å². The van der Waals surface area contributed by atoms with Crippen molar-refractivity contribution in [1.82, 2.24) is 9.55 Å². The van der Waals surface area contributed by atoms with Gasteiger partial charge in [-0.25, -0.2) is 4.98 Å². The number of carbonyl (C=O) groups excluding carboxylic acids is 1. The standard InChI is InChI=1S/C19H32N4O2/c1-7-13(3)20-16-15(21-14(24)11-19(4,5)6)18(25)23-10-8-9-12(2)17(23)22-16/h12-13,20H,7-11H2,1-6H3,(H,21,24)/t12?,13-/m1/s1. The molecular weight excluding hydrogens is 316 g/mol. The molecule has 0 saturated carbocycles. The van der Waals surface area contributed by atoms with Gasteiger partial charge in [0.2, 0.25) is 5.91 Å². The highest BCUT2D eigenvalue weighted by molar-refractivity contribution is 5.93. The van der Waals surface area contributed by atoms with Crippen molar-refractivity contribution in [2.45, 2.75) is 85.7 Å². The number of rotatable bonds is 5. The minimum absolute atomic E-state index is 0.138. The fourth-order valence-corrected chi connectivity index (χ4v) is 3.07. The summed E-state index contributed by atoms with van der Waals surface area (Å²) >= 11 is 0. The molecule has 1 aliphatic rings. The number of aromatic nitrogens is 2. The smallest absolute Gasteiger partial charge is 0.279 e. The molecule has 0 bridgehead atoms. The highest BCUT2D eigenvalue weighted by Crippen LogP contribution is 2.28. The van der Waals surface area contributed by atoms with Gasteiger partial charge in [0.1, 0.15) is 5.82 Å². The molecule has 1 unspecified atom stereocenters. The van der Waals surface area contributed by atoms with Crippen molar-refractivity contribution in [1.29, 1.82) is 0 Å². The molecule has 2 rings (SSSR count). The Morgan fingerprint density at radius 3 is 2.68 bits per heavy atom. The van der Waals surface area contributed by atoms with Gasteiger partial charge < -0.3 is 10.6 Å². The maximum atomic E-state index is 13.0. The van der Waals surface area contributed by atoms with Gasteiger partial charge in [0, 0.05) is 24.9 Å². The van der Waals surface area contributed by atoms with Crippen LogP contribution in [0.3, 0.4) is 0 Å². The predicted octanol–water partition coefficient (Wildman–Crippen LogP) is 3.73. The average Bonchev–Trinajstić information content (AvgIpc) is 2.50. The lowest BCUT2D eigenvalue weighted by Crippen LogP contribution is -2.35. The second-order valence-corrected chi connectivity index (χ2v) is 8.43. The van der Waals surface area contributed by atoms with E-state index in [-0.39, 0.29) is 34.5 Å². The summed E-state index contributed by atoms with van der Waals surface area (Å²) in [4.78, 5) is 30.2. The number of hydrogen-bond acceptors (Lipinski definition) is 4. The number of hydrogen-bond donors (Lipinski definition) is 2. The number of anilines is 2. The van der Waals surface area contributed by atoms with Gasteiger partial charge in [0.15, 0.2) is 11.5 Å². The monoisotopic (exact) mass is 348 g/mol. The molecule has 25 heavy (non-hydrogen) atoms. The van der Waals surface area contributed by atoms with Crippen molar-refractivity contribution in [2.24, 2.45) is 5.41 Å². The van der Waals surface area contributed by atoms with Gasteiger partial charge in [-0.15, -0.1) is 0 Å². The van der Waals surface area contributed by atoms with Crippen molar-refractivity contribution in [3.8, 4) is 0 Å². The minimum Gasteiger partial charge on any atom is -0.366 e. The summed E-state index contributed by atoms with van der Waals surface area (Å²) in [6.45, 7) is 12.9. The van der Waals surface area contributed by atoms with E-state index in [0.29, 0.717) is 18.8 Å². The third-order valence-corrected chi connectivity index (χ3v) is 4.61. The quantitative estimate of drug-likeness (QED) is 0.850. The molecule has 1 amide bonds. The summed E-state index contributed by atoms with van der Waals surface area (Å²) in [5, 5.41) is 6.13. The minimum atomic E-state index is -0.150. The van der Waals surface area contributed by atoms with Gasteiger partial charge in [0.05, 0.1) is 0 Å². The molecule has 0 radical (unpaired) electrons. The van der Waals surface area contributed by atoms with Gasteiger partial charge >= 0.3 is 0 Å². The van der Waals surface area contributed by atoms with E-state index in [4.69, 9.17) is 4.98 Å². The van der Waals surface area contributed by atoms with Crippen LogP contribution >= 0.6 is 0 Å². The summed E-state index contributed by atoms with van der Waals surface area (Å²) in [7, 11) is 0. The average molecular weight is 348 g/mol. The first-order chi connectivity index (χ1) is 11.6. The van der Waals surface area contributed by atoms with Crippen LogP contribution in [0.4, 0.5) is 11.5 Å². The summed E-state index contributed by atoms with van der Waals surface area (Å²) < 4.78 is 1.72. The SMILES string of the molecule is CC[C@@H](C)Nc1nc2n(c(=O)c1NC(=O)CC(C)(C)C)CCCC2C. The zero-order chi connectivity index (χ0) is 18.8. The van der Waals surface area contributed by atoms with E-state index in [1.165, 1.54) is 0 Å². The van der Waals surface area contributed by atoms with Crippen LogP contribution in [0, 0.1) is 5.41 Å². The van der Waals surface area contributed by atoms with Gasteiger partial charge in [-0.05, 0) is 31.6 Å². The second kappa shape index (κ2) is 7.58. The maximum absolute atomic E-state index is 13.0. The lowest BCUT2D eigenvalue weighted by Gasteiger charge is -2.26. The molecule has 1 aromatic heterocycles. The van der Waals surface area contributed by atoms with E-state index in [2.05, 4.69) is 24.5 Å². The van der Waals surface area contributed by atoms with Crippen molar-refractivity contribution < 1.29 is 4.79 Å². The van der Waals surface area contributed by atoms with E-state index >= 15 is 0 Å². The van der Waals surface area contributed by atoms with E-state index in [9.17, 15) is 9.59 Å².